The minimum atomic E-state index is 0.553. The molecule has 45 heavy (non-hydrogen) atoms. The Bertz CT molecular complexity index is 2480. The van der Waals surface area contributed by atoms with Gasteiger partial charge in [0.15, 0.2) is 17.5 Å². The molecule has 3 heterocycles. The molecule has 5 heteroatoms. The average Bonchev–Trinajstić information content (AvgIpc) is 3.50. The van der Waals surface area contributed by atoms with E-state index in [0.29, 0.717) is 17.5 Å². The average molecular weight is 577 g/mol. The molecular weight excluding hydrogens is 552 g/mol. The Labute approximate surface area is 258 Å². The summed E-state index contributed by atoms with van der Waals surface area (Å²) in [6, 6.07) is 47.4. The molecule has 0 aliphatic carbocycles. The summed E-state index contributed by atoms with van der Waals surface area (Å²) in [5.41, 5.74) is 7.30. The van der Waals surface area contributed by atoms with Crippen LogP contribution in [0.15, 0.2) is 150 Å². The molecule has 0 aliphatic rings. The first-order chi connectivity index (χ1) is 22.3. The van der Waals surface area contributed by atoms with E-state index in [1.807, 2.05) is 91.1 Å². The summed E-state index contributed by atoms with van der Waals surface area (Å²) >= 11 is 0. The largest absolute Gasteiger partial charge is 0.455 e. The molecule has 0 spiro atoms. The zero-order chi connectivity index (χ0) is 29.7. The lowest BCUT2D eigenvalue weighted by molar-refractivity contribution is 0.669. The Morgan fingerprint density at radius 3 is 1.80 bits per heavy atom. The van der Waals surface area contributed by atoms with Crippen molar-refractivity contribution in [3.63, 3.8) is 0 Å². The maximum Gasteiger partial charge on any atom is 0.167 e. The second-order valence-electron chi connectivity index (χ2n) is 11.1. The summed E-state index contributed by atoms with van der Waals surface area (Å²) in [7, 11) is 0. The third-order valence-electron chi connectivity index (χ3n) is 8.34. The standard InChI is InChI=1S/C40H24N4O/c1-3-12-25(13-4-1)38-42-39(26-14-5-2-6-15-26)44-40(43-38)34-24-28(23-33-30-18-9-10-20-35(30)45-37(33)34)32-22-27-16-7-8-17-29(27)36-31(32)19-11-21-41-36/h1-24H. The highest BCUT2D eigenvalue weighted by Gasteiger charge is 2.20. The van der Waals surface area contributed by atoms with Gasteiger partial charge in [0.05, 0.1) is 11.1 Å². The molecule has 9 aromatic rings. The minimum absolute atomic E-state index is 0.553. The van der Waals surface area contributed by atoms with Crippen molar-refractivity contribution in [2.24, 2.45) is 0 Å². The molecule has 0 saturated heterocycles. The predicted octanol–water partition coefficient (Wildman–Crippen LogP) is 10.1. The quantitative estimate of drug-likeness (QED) is 0.195. The van der Waals surface area contributed by atoms with Gasteiger partial charge < -0.3 is 4.42 Å². The van der Waals surface area contributed by atoms with Crippen molar-refractivity contribution >= 4 is 43.6 Å². The maximum atomic E-state index is 6.56. The van der Waals surface area contributed by atoms with Gasteiger partial charge in [-0.1, -0.05) is 109 Å². The van der Waals surface area contributed by atoms with E-state index in [1.165, 1.54) is 0 Å². The topological polar surface area (TPSA) is 64.7 Å². The van der Waals surface area contributed by atoms with Crippen molar-refractivity contribution in [2.45, 2.75) is 0 Å². The zero-order valence-electron chi connectivity index (χ0n) is 24.1. The Hall–Kier alpha value is -6.20. The zero-order valence-corrected chi connectivity index (χ0v) is 24.1. The number of para-hydroxylation sites is 1. The number of fused-ring (bicyclic) bond motifs is 6. The van der Waals surface area contributed by atoms with Gasteiger partial charge in [0.1, 0.15) is 11.2 Å². The van der Waals surface area contributed by atoms with Crippen LogP contribution < -0.4 is 0 Å². The first-order valence-corrected chi connectivity index (χ1v) is 14.9. The molecule has 0 fully saturated rings. The predicted molar refractivity (Wildman–Crippen MR) is 182 cm³/mol. The van der Waals surface area contributed by atoms with Crippen molar-refractivity contribution in [1.82, 2.24) is 19.9 Å². The summed E-state index contributed by atoms with van der Waals surface area (Å²) in [5.74, 6) is 1.76. The number of benzene rings is 6. The number of aromatic nitrogens is 4. The number of rotatable bonds is 4. The molecule has 0 aliphatic heterocycles. The summed E-state index contributed by atoms with van der Waals surface area (Å²) in [6.45, 7) is 0. The lowest BCUT2D eigenvalue weighted by Gasteiger charge is -2.13. The van der Waals surface area contributed by atoms with Crippen LogP contribution in [0.5, 0.6) is 0 Å². The second-order valence-corrected chi connectivity index (χ2v) is 11.1. The van der Waals surface area contributed by atoms with E-state index in [-0.39, 0.29) is 0 Å². The maximum absolute atomic E-state index is 6.56. The van der Waals surface area contributed by atoms with Crippen LogP contribution in [0.3, 0.4) is 0 Å². The molecule has 0 atom stereocenters. The summed E-state index contributed by atoms with van der Waals surface area (Å²) in [6.07, 6.45) is 1.86. The summed E-state index contributed by atoms with van der Waals surface area (Å²) in [4.78, 5) is 19.9. The van der Waals surface area contributed by atoms with Gasteiger partial charge in [-0.3, -0.25) is 4.98 Å². The van der Waals surface area contributed by atoms with E-state index >= 15 is 0 Å². The SMILES string of the molecule is c1ccc(-c2nc(-c3ccccc3)nc(-c3cc(-c4cc5ccccc5c5ncccc45)cc4c3oc3ccccc34)n2)cc1. The van der Waals surface area contributed by atoms with E-state index in [4.69, 9.17) is 24.4 Å². The molecular formula is C40H24N4O. The Balaban J connectivity index is 1.38. The molecule has 0 radical (unpaired) electrons. The number of hydrogen-bond donors (Lipinski definition) is 0. The Kier molecular flexibility index (Phi) is 5.74. The van der Waals surface area contributed by atoms with Crippen LogP contribution >= 0.6 is 0 Å². The van der Waals surface area contributed by atoms with Crippen molar-refractivity contribution in [2.75, 3.05) is 0 Å². The molecule has 6 aromatic carbocycles. The fourth-order valence-electron chi connectivity index (χ4n) is 6.23. The van der Waals surface area contributed by atoms with Gasteiger partial charge in [0, 0.05) is 38.9 Å². The van der Waals surface area contributed by atoms with Crippen molar-refractivity contribution in [3.8, 4) is 45.3 Å². The smallest absolute Gasteiger partial charge is 0.167 e. The number of hydrogen-bond acceptors (Lipinski definition) is 5. The number of furan rings is 1. The fraction of sp³-hybridized carbons (Fsp3) is 0. The van der Waals surface area contributed by atoms with Crippen molar-refractivity contribution in [1.29, 1.82) is 0 Å². The monoisotopic (exact) mass is 576 g/mol. The second kappa shape index (κ2) is 10.2. The van der Waals surface area contributed by atoms with Gasteiger partial charge >= 0.3 is 0 Å². The molecule has 9 rings (SSSR count). The molecule has 3 aromatic heterocycles. The van der Waals surface area contributed by atoms with Gasteiger partial charge in [0.25, 0.3) is 0 Å². The van der Waals surface area contributed by atoms with E-state index in [9.17, 15) is 0 Å². The normalized spacial score (nSPS) is 11.6. The van der Waals surface area contributed by atoms with Crippen molar-refractivity contribution in [3.05, 3.63) is 146 Å². The van der Waals surface area contributed by atoms with Crippen LogP contribution in [0.25, 0.3) is 88.9 Å². The summed E-state index contributed by atoms with van der Waals surface area (Å²) in [5, 5.41) is 5.39. The molecule has 0 bridgehead atoms. The summed E-state index contributed by atoms with van der Waals surface area (Å²) < 4.78 is 6.56. The van der Waals surface area contributed by atoms with Crippen molar-refractivity contribution < 1.29 is 4.42 Å². The van der Waals surface area contributed by atoms with Gasteiger partial charge in [-0.05, 0) is 46.8 Å². The van der Waals surface area contributed by atoms with Crippen LogP contribution in [-0.4, -0.2) is 19.9 Å². The van der Waals surface area contributed by atoms with E-state index in [1.54, 1.807) is 0 Å². The molecule has 0 unspecified atom stereocenters. The van der Waals surface area contributed by atoms with E-state index < -0.39 is 0 Å². The van der Waals surface area contributed by atoms with Gasteiger partial charge in [-0.15, -0.1) is 0 Å². The van der Waals surface area contributed by atoms with Crippen LogP contribution in [0.1, 0.15) is 0 Å². The Morgan fingerprint density at radius 2 is 1.04 bits per heavy atom. The van der Waals surface area contributed by atoms with Crippen LogP contribution in [-0.2, 0) is 0 Å². The fourth-order valence-corrected chi connectivity index (χ4v) is 6.23. The van der Waals surface area contributed by atoms with Crippen LogP contribution in [0, 0.1) is 0 Å². The molecule has 0 amide bonds. The van der Waals surface area contributed by atoms with E-state index in [2.05, 4.69) is 54.6 Å². The van der Waals surface area contributed by atoms with E-state index in [0.717, 1.165) is 71.4 Å². The van der Waals surface area contributed by atoms with Gasteiger partial charge in [0.2, 0.25) is 0 Å². The highest BCUT2D eigenvalue weighted by Crippen LogP contribution is 2.42. The van der Waals surface area contributed by atoms with Crippen LogP contribution in [0.4, 0.5) is 0 Å². The molecule has 0 N–H and O–H groups in total. The number of pyridine rings is 1. The lowest BCUT2D eigenvalue weighted by atomic mass is 9.93. The first kappa shape index (κ1) is 25.3. The Morgan fingerprint density at radius 1 is 0.422 bits per heavy atom. The highest BCUT2D eigenvalue weighted by molar-refractivity contribution is 6.15. The number of nitrogens with zero attached hydrogens (tertiary/aromatic N) is 4. The molecule has 5 nitrogen and oxygen atoms in total. The highest BCUT2D eigenvalue weighted by atomic mass is 16.3. The minimum Gasteiger partial charge on any atom is -0.455 e. The van der Waals surface area contributed by atoms with Gasteiger partial charge in [-0.25, -0.2) is 15.0 Å². The molecule has 210 valence electrons. The lowest BCUT2D eigenvalue weighted by Crippen LogP contribution is -2.00. The third kappa shape index (κ3) is 4.25. The third-order valence-corrected chi connectivity index (χ3v) is 8.34. The first-order valence-electron chi connectivity index (χ1n) is 14.9. The van der Waals surface area contributed by atoms with Crippen LogP contribution in [0.2, 0.25) is 0 Å². The molecule has 0 saturated carbocycles. The van der Waals surface area contributed by atoms with Gasteiger partial charge in [-0.2, -0.15) is 0 Å².